The highest BCUT2D eigenvalue weighted by Gasteiger charge is 2.50. The first-order valence-electron chi connectivity index (χ1n) is 5.24. The van der Waals surface area contributed by atoms with E-state index in [-0.39, 0.29) is 5.92 Å². The maximum absolute atomic E-state index is 11.7. The quantitative estimate of drug-likeness (QED) is 0.588. The number of carbonyl (C=O) groups excluding carboxylic acids is 2. The summed E-state index contributed by atoms with van der Waals surface area (Å²) >= 11 is 11.7. The van der Waals surface area contributed by atoms with E-state index in [1.165, 1.54) is 6.92 Å². The maximum Gasteiger partial charge on any atom is 0.303 e. The third-order valence-electron chi connectivity index (χ3n) is 2.89. The second-order valence-corrected chi connectivity index (χ2v) is 5.04. The SMILES string of the molecule is CC(=O)OC1C(Cl)=CC=CC1(C(=O)Cl)C(C)C. The zero-order valence-corrected chi connectivity index (χ0v) is 11.4. The molecule has 0 aliphatic heterocycles. The van der Waals surface area contributed by atoms with Crippen molar-refractivity contribution in [3.63, 3.8) is 0 Å². The largest absolute Gasteiger partial charge is 0.455 e. The van der Waals surface area contributed by atoms with Crippen molar-refractivity contribution in [3.8, 4) is 0 Å². The van der Waals surface area contributed by atoms with Gasteiger partial charge in [0, 0.05) is 6.92 Å². The van der Waals surface area contributed by atoms with Crippen LogP contribution in [0.2, 0.25) is 0 Å². The van der Waals surface area contributed by atoms with Crippen LogP contribution in [0, 0.1) is 11.3 Å². The van der Waals surface area contributed by atoms with Crippen molar-refractivity contribution < 1.29 is 14.3 Å². The Hall–Kier alpha value is -0.800. The topological polar surface area (TPSA) is 43.4 Å². The van der Waals surface area contributed by atoms with E-state index in [0.29, 0.717) is 5.03 Å². The number of ether oxygens (including phenoxy) is 1. The number of halogens is 2. The Kier molecular flexibility index (Phi) is 4.39. The molecule has 0 saturated heterocycles. The normalized spacial score (nSPS) is 27.9. The molecule has 0 heterocycles. The molecule has 0 amide bonds. The van der Waals surface area contributed by atoms with Gasteiger partial charge in [0.15, 0.2) is 6.10 Å². The van der Waals surface area contributed by atoms with Gasteiger partial charge in [0.2, 0.25) is 5.24 Å². The molecule has 2 unspecified atom stereocenters. The zero-order valence-electron chi connectivity index (χ0n) is 9.87. The first kappa shape index (κ1) is 14.3. The van der Waals surface area contributed by atoms with Gasteiger partial charge in [-0.2, -0.15) is 0 Å². The predicted octanol–water partition coefficient (Wildman–Crippen LogP) is 3.02. The van der Waals surface area contributed by atoms with Crippen LogP contribution in [0.4, 0.5) is 0 Å². The Balaban J connectivity index is 3.25. The molecule has 0 N–H and O–H groups in total. The number of hydrogen-bond acceptors (Lipinski definition) is 3. The Morgan fingerprint density at radius 2 is 2.06 bits per heavy atom. The molecule has 0 bridgehead atoms. The van der Waals surface area contributed by atoms with Crippen LogP contribution in [0.3, 0.4) is 0 Å². The van der Waals surface area contributed by atoms with Gasteiger partial charge in [-0.3, -0.25) is 9.59 Å². The van der Waals surface area contributed by atoms with Gasteiger partial charge in [-0.15, -0.1) is 0 Å². The number of esters is 1. The van der Waals surface area contributed by atoms with E-state index < -0.39 is 22.7 Å². The molecule has 94 valence electrons. The summed E-state index contributed by atoms with van der Waals surface area (Å²) in [6, 6.07) is 0. The summed E-state index contributed by atoms with van der Waals surface area (Å²) in [6.45, 7) is 4.93. The molecule has 0 aromatic rings. The van der Waals surface area contributed by atoms with Gasteiger partial charge in [0.1, 0.15) is 5.41 Å². The van der Waals surface area contributed by atoms with E-state index in [0.717, 1.165) is 0 Å². The third kappa shape index (κ3) is 2.55. The molecule has 1 rings (SSSR count). The van der Waals surface area contributed by atoms with Gasteiger partial charge < -0.3 is 4.74 Å². The van der Waals surface area contributed by atoms with Gasteiger partial charge in [0.25, 0.3) is 0 Å². The van der Waals surface area contributed by atoms with Gasteiger partial charge in [-0.1, -0.05) is 37.6 Å². The fourth-order valence-electron chi connectivity index (χ4n) is 1.91. The molecule has 1 aliphatic rings. The van der Waals surface area contributed by atoms with Gasteiger partial charge in [-0.25, -0.2) is 0 Å². The van der Waals surface area contributed by atoms with E-state index >= 15 is 0 Å². The summed E-state index contributed by atoms with van der Waals surface area (Å²) in [6.07, 6.45) is 4.04. The molecule has 0 saturated carbocycles. The predicted molar refractivity (Wildman–Crippen MR) is 66.8 cm³/mol. The van der Waals surface area contributed by atoms with Crippen LogP contribution >= 0.6 is 23.2 Å². The minimum Gasteiger partial charge on any atom is -0.455 e. The van der Waals surface area contributed by atoms with Crippen molar-refractivity contribution in [2.75, 3.05) is 0 Å². The molecule has 2 atom stereocenters. The third-order valence-corrected chi connectivity index (χ3v) is 3.54. The molecule has 0 fully saturated rings. The molecular weight excluding hydrogens is 263 g/mol. The summed E-state index contributed by atoms with van der Waals surface area (Å²) in [7, 11) is 0. The molecule has 0 aromatic heterocycles. The highest BCUT2D eigenvalue weighted by molar-refractivity contribution is 6.65. The fraction of sp³-hybridized carbons (Fsp3) is 0.500. The average molecular weight is 277 g/mol. The van der Waals surface area contributed by atoms with Crippen molar-refractivity contribution in [3.05, 3.63) is 23.3 Å². The molecule has 3 nitrogen and oxygen atoms in total. The minimum absolute atomic E-state index is 0.143. The summed E-state index contributed by atoms with van der Waals surface area (Å²) in [4.78, 5) is 22.8. The second kappa shape index (κ2) is 5.23. The highest BCUT2D eigenvalue weighted by atomic mass is 35.5. The Bertz CT molecular complexity index is 399. The molecular formula is C12H14Cl2O3. The summed E-state index contributed by atoms with van der Waals surface area (Å²) in [5.74, 6) is -0.643. The standard InChI is InChI=1S/C12H14Cl2O3/c1-7(2)12(11(14)16)6-4-5-9(13)10(12)17-8(3)15/h4-7,10H,1-3H3. The van der Waals surface area contributed by atoms with E-state index in [4.69, 9.17) is 27.9 Å². The number of carbonyl (C=O) groups is 2. The first-order chi connectivity index (χ1) is 7.82. The van der Waals surface area contributed by atoms with Crippen LogP contribution in [0.5, 0.6) is 0 Å². The summed E-state index contributed by atoms with van der Waals surface area (Å²) in [5, 5.41) is -0.286. The lowest BCUT2D eigenvalue weighted by Gasteiger charge is -2.39. The molecule has 0 spiro atoms. The highest BCUT2D eigenvalue weighted by Crippen LogP contribution is 2.44. The summed E-state index contributed by atoms with van der Waals surface area (Å²) in [5.41, 5.74) is -1.10. The average Bonchev–Trinajstić information content (AvgIpc) is 2.19. The van der Waals surface area contributed by atoms with Crippen molar-refractivity contribution in [2.24, 2.45) is 11.3 Å². The lowest BCUT2D eigenvalue weighted by molar-refractivity contribution is -0.152. The molecule has 5 heteroatoms. The number of hydrogen-bond donors (Lipinski definition) is 0. The molecule has 0 radical (unpaired) electrons. The number of allylic oxidation sites excluding steroid dienone is 2. The van der Waals surface area contributed by atoms with Crippen LogP contribution < -0.4 is 0 Å². The summed E-state index contributed by atoms with van der Waals surface area (Å²) < 4.78 is 5.15. The Morgan fingerprint density at radius 3 is 2.47 bits per heavy atom. The fourth-order valence-corrected chi connectivity index (χ4v) is 2.59. The van der Waals surface area contributed by atoms with Gasteiger partial charge in [-0.05, 0) is 23.6 Å². The van der Waals surface area contributed by atoms with Crippen LogP contribution in [0.15, 0.2) is 23.3 Å². The van der Waals surface area contributed by atoms with Crippen LogP contribution in [-0.2, 0) is 14.3 Å². The smallest absolute Gasteiger partial charge is 0.303 e. The van der Waals surface area contributed by atoms with Crippen molar-refractivity contribution >= 4 is 34.4 Å². The lowest BCUT2D eigenvalue weighted by Crippen LogP contribution is -2.46. The monoisotopic (exact) mass is 276 g/mol. The number of rotatable bonds is 3. The van der Waals surface area contributed by atoms with Crippen molar-refractivity contribution in [2.45, 2.75) is 26.9 Å². The maximum atomic E-state index is 11.7. The minimum atomic E-state index is -1.10. The Morgan fingerprint density at radius 1 is 1.47 bits per heavy atom. The van der Waals surface area contributed by atoms with Crippen LogP contribution in [0.1, 0.15) is 20.8 Å². The van der Waals surface area contributed by atoms with E-state index in [9.17, 15) is 9.59 Å². The van der Waals surface area contributed by atoms with Crippen molar-refractivity contribution in [1.82, 2.24) is 0 Å². The van der Waals surface area contributed by atoms with Gasteiger partial charge in [0.05, 0.1) is 5.03 Å². The molecule has 17 heavy (non-hydrogen) atoms. The first-order valence-corrected chi connectivity index (χ1v) is 6.00. The molecule has 0 aromatic carbocycles. The van der Waals surface area contributed by atoms with E-state index in [1.54, 1.807) is 18.2 Å². The van der Waals surface area contributed by atoms with E-state index in [2.05, 4.69) is 0 Å². The lowest BCUT2D eigenvalue weighted by atomic mass is 9.71. The van der Waals surface area contributed by atoms with Crippen LogP contribution in [0.25, 0.3) is 0 Å². The zero-order chi connectivity index (χ0) is 13.2. The van der Waals surface area contributed by atoms with E-state index in [1.807, 2.05) is 13.8 Å². The van der Waals surface area contributed by atoms with Crippen LogP contribution in [-0.4, -0.2) is 17.3 Å². The second-order valence-electron chi connectivity index (χ2n) is 4.26. The van der Waals surface area contributed by atoms with Crippen molar-refractivity contribution in [1.29, 1.82) is 0 Å². The Labute approximate surface area is 110 Å². The van der Waals surface area contributed by atoms with Gasteiger partial charge >= 0.3 is 5.97 Å². The molecule has 1 aliphatic carbocycles.